The molecule has 0 radical (unpaired) electrons. The molecule has 0 aliphatic carbocycles. The van der Waals surface area contributed by atoms with E-state index in [4.69, 9.17) is 73.5 Å². The van der Waals surface area contributed by atoms with Crippen LogP contribution in [0, 0.1) is 0 Å². The molecule has 6 atom stereocenters. The Morgan fingerprint density at radius 1 is 0.289 bits per heavy atom. The molecular weight excluding hydrogens is 1140 g/mol. The van der Waals surface area contributed by atoms with Crippen LogP contribution < -0.4 is 21.7 Å². The van der Waals surface area contributed by atoms with Crippen molar-refractivity contribution in [3.63, 3.8) is 0 Å². The van der Waals surface area contributed by atoms with E-state index >= 15 is 0 Å². The molecule has 3 saturated heterocycles. The summed E-state index contributed by atoms with van der Waals surface area (Å²) in [6, 6.07) is 0. The summed E-state index contributed by atoms with van der Waals surface area (Å²) in [6.45, 7) is 22.1. The van der Waals surface area contributed by atoms with Crippen LogP contribution >= 0.6 is 0 Å². The van der Waals surface area contributed by atoms with Gasteiger partial charge in [0.2, 0.25) is 0 Å². The third kappa shape index (κ3) is 68.7. The number of rotatable bonds is 65. The van der Waals surface area contributed by atoms with Crippen LogP contribution in [0.5, 0.6) is 0 Å². The Labute approximate surface area is 554 Å². The highest BCUT2D eigenvalue weighted by atomic mass is 16.6. The van der Waals surface area contributed by atoms with Crippen LogP contribution in [0.1, 0.15) is 266 Å². The maximum absolute atomic E-state index is 8.63. The Kier molecular flexibility index (Phi) is 80.1. The monoisotopic (exact) mass is 1300 g/mol. The number of nitrogens with one attached hydrogen (secondary N) is 3. The third-order valence-corrected chi connectivity index (χ3v) is 16.2. The highest BCUT2D eigenvalue weighted by molar-refractivity contribution is 4.77. The second kappa shape index (κ2) is 79.0. The van der Waals surface area contributed by atoms with Gasteiger partial charge in [0.05, 0.1) is 123 Å². The summed E-state index contributed by atoms with van der Waals surface area (Å²) in [5.41, 5.74) is 5.12. The number of ether oxygens (including phenoxy) is 10. The lowest BCUT2D eigenvalue weighted by molar-refractivity contribution is -0.0154. The van der Waals surface area contributed by atoms with E-state index in [9.17, 15) is 0 Å². The highest BCUT2D eigenvalue weighted by Gasteiger charge is 2.27. The first-order valence-electron chi connectivity index (χ1n) is 37.3. The van der Waals surface area contributed by atoms with Crippen molar-refractivity contribution in [2.24, 2.45) is 5.73 Å². The van der Waals surface area contributed by atoms with Gasteiger partial charge in [-0.3, -0.25) is 0 Å². The molecule has 0 amide bonds. The number of hydrogen-bond donors (Lipinski definition) is 8. The van der Waals surface area contributed by atoms with Gasteiger partial charge in [0.15, 0.2) is 0 Å². The number of aliphatic hydroxyl groups excluding tert-OH is 4. The number of unbranched alkanes of at least 4 members (excludes halogenated alkanes) is 27. The lowest BCUT2D eigenvalue weighted by Crippen LogP contribution is -2.30. The van der Waals surface area contributed by atoms with Gasteiger partial charge in [-0.05, 0) is 64.2 Å². The molecule has 3 rings (SSSR count). The zero-order valence-electron chi connectivity index (χ0n) is 58.3. The van der Waals surface area contributed by atoms with E-state index in [-0.39, 0.29) is 52.2 Å². The fraction of sp³-hybridized carbons (Fsp3) is 1.00. The molecule has 18 nitrogen and oxygen atoms in total. The average molecular weight is 1300 g/mol. The van der Waals surface area contributed by atoms with E-state index in [0.29, 0.717) is 84.1 Å². The third-order valence-electron chi connectivity index (χ3n) is 16.2. The summed E-state index contributed by atoms with van der Waals surface area (Å²) in [5.74, 6) is 0. The molecule has 3 heterocycles. The molecule has 0 aromatic rings. The quantitative estimate of drug-likeness (QED) is 0.0264. The van der Waals surface area contributed by atoms with Gasteiger partial charge in [-0.15, -0.1) is 0 Å². The van der Waals surface area contributed by atoms with E-state index in [1.807, 2.05) is 0 Å². The van der Waals surface area contributed by atoms with Crippen LogP contribution in [-0.4, -0.2) is 222 Å². The van der Waals surface area contributed by atoms with Gasteiger partial charge in [0.1, 0.15) is 0 Å². The molecule has 9 N–H and O–H groups in total. The summed E-state index contributed by atoms with van der Waals surface area (Å²) in [6.07, 6.45) is 49.9. The summed E-state index contributed by atoms with van der Waals surface area (Å²) < 4.78 is 56.1. The topological polar surface area (TPSA) is 235 Å². The van der Waals surface area contributed by atoms with Crippen molar-refractivity contribution in [1.29, 1.82) is 0 Å². The van der Waals surface area contributed by atoms with E-state index in [2.05, 4.69) is 36.7 Å². The van der Waals surface area contributed by atoms with Crippen LogP contribution in [0.2, 0.25) is 0 Å². The normalized spacial score (nSPS) is 18.7. The molecule has 90 heavy (non-hydrogen) atoms. The lowest BCUT2D eigenvalue weighted by atomic mass is 10.1. The largest absolute Gasteiger partial charge is 0.396 e. The lowest BCUT2D eigenvalue weighted by Gasteiger charge is -2.15. The minimum absolute atomic E-state index is 0. The van der Waals surface area contributed by atoms with E-state index in [0.717, 1.165) is 117 Å². The summed E-state index contributed by atoms with van der Waals surface area (Å²) >= 11 is 0. The molecular formula is C72H152N4O14. The average Bonchev–Trinajstić information content (AvgIpc) is 4.54. The Morgan fingerprint density at radius 3 is 0.789 bits per heavy atom. The number of aliphatic hydroxyl groups is 4. The van der Waals surface area contributed by atoms with E-state index in [1.165, 1.54) is 193 Å². The van der Waals surface area contributed by atoms with Gasteiger partial charge >= 0.3 is 0 Å². The summed E-state index contributed by atoms with van der Waals surface area (Å²) in [5, 5.41) is 44.2. The molecule has 18 heteroatoms. The SMILES string of the molecule is C.CCCCCCCCCCCCOC[C@@H]1CC[C@@H](CNCCOCCO)O1.CCCCCCCCCCCCOC[C@@H]1CC[C@@H](CNCCOCCO)O1.CCCCCCCCCCCCOC[C@H]1CC[C@@H](CNCCOCCO)O1.NCCOCCCO. The Bertz CT molecular complexity index is 1150. The minimum Gasteiger partial charge on any atom is -0.396 e. The van der Waals surface area contributed by atoms with Gasteiger partial charge in [0.25, 0.3) is 0 Å². The predicted molar refractivity (Wildman–Crippen MR) is 372 cm³/mol. The molecule has 0 spiro atoms. The first-order chi connectivity index (χ1) is 44.0. The van der Waals surface area contributed by atoms with Crippen molar-refractivity contribution < 1.29 is 67.8 Å². The van der Waals surface area contributed by atoms with E-state index in [1.54, 1.807) is 0 Å². The van der Waals surface area contributed by atoms with Crippen LogP contribution in [0.15, 0.2) is 0 Å². The van der Waals surface area contributed by atoms with Crippen molar-refractivity contribution in [2.75, 3.05) is 165 Å². The molecule has 3 aliphatic heterocycles. The fourth-order valence-electron chi connectivity index (χ4n) is 11.0. The van der Waals surface area contributed by atoms with Crippen molar-refractivity contribution in [3.8, 4) is 0 Å². The Morgan fingerprint density at radius 2 is 0.533 bits per heavy atom. The van der Waals surface area contributed by atoms with Crippen molar-refractivity contribution in [3.05, 3.63) is 0 Å². The van der Waals surface area contributed by atoms with E-state index < -0.39 is 0 Å². The van der Waals surface area contributed by atoms with Crippen LogP contribution in [0.25, 0.3) is 0 Å². The minimum atomic E-state index is 0. The molecule has 0 aromatic heterocycles. The summed E-state index contributed by atoms with van der Waals surface area (Å²) in [7, 11) is 0. The molecule has 0 bridgehead atoms. The van der Waals surface area contributed by atoms with Crippen LogP contribution in [0.3, 0.4) is 0 Å². The smallest absolute Gasteiger partial charge is 0.0813 e. The van der Waals surface area contributed by atoms with Crippen LogP contribution in [0.4, 0.5) is 0 Å². The number of hydrogen-bond acceptors (Lipinski definition) is 18. The van der Waals surface area contributed by atoms with Crippen molar-refractivity contribution in [1.82, 2.24) is 16.0 Å². The molecule has 544 valence electrons. The zero-order chi connectivity index (χ0) is 64.5. The first kappa shape index (κ1) is 91.3. The molecule has 0 saturated carbocycles. The van der Waals surface area contributed by atoms with Gasteiger partial charge < -0.3 is 89.5 Å². The second-order valence-electron chi connectivity index (χ2n) is 24.7. The van der Waals surface area contributed by atoms with Crippen molar-refractivity contribution in [2.45, 2.75) is 302 Å². The van der Waals surface area contributed by atoms with Gasteiger partial charge in [-0.25, -0.2) is 0 Å². The molecule has 0 aromatic carbocycles. The Balaban J connectivity index is 0. The van der Waals surface area contributed by atoms with Gasteiger partial charge in [-0.1, -0.05) is 202 Å². The highest BCUT2D eigenvalue weighted by Crippen LogP contribution is 2.22. The second-order valence-corrected chi connectivity index (χ2v) is 24.7. The van der Waals surface area contributed by atoms with Gasteiger partial charge in [0, 0.05) is 78.8 Å². The predicted octanol–water partition coefficient (Wildman–Crippen LogP) is 12.2. The molecule has 0 unspecified atom stereocenters. The first-order valence-corrected chi connectivity index (χ1v) is 37.3. The zero-order valence-corrected chi connectivity index (χ0v) is 58.3. The summed E-state index contributed by atoms with van der Waals surface area (Å²) in [4.78, 5) is 0. The standard InChI is InChI=1S/3C22H45NO4.C5H13NO2.CH4/c3*1-2-3-4-5-6-7-8-9-10-11-16-26-20-22-13-12-21(27-22)19-23-14-17-25-18-15-24;6-2-5-8-4-1-3-7;/h3*21-24H,2-20H2,1H3;7H,1-6H2;1H4/t21-,22+;2*21-,22-;;/m000../s1. The molecule has 3 aliphatic rings. The van der Waals surface area contributed by atoms with Gasteiger partial charge in [-0.2, -0.15) is 0 Å². The maximum atomic E-state index is 8.63. The van der Waals surface area contributed by atoms with Crippen molar-refractivity contribution >= 4 is 0 Å². The number of nitrogens with two attached hydrogens (primary N) is 1. The fourth-order valence-corrected chi connectivity index (χ4v) is 11.0. The maximum Gasteiger partial charge on any atom is 0.0813 e. The molecule has 3 fully saturated rings. The Hall–Kier alpha value is -0.720. The van der Waals surface area contributed by atoms with Crippen LogP contribution in [-0.2, 0) is 47.4 Å².